The Bertz CT molecular complexity index is 1500. The molecule has 6 nitrogen and oxygen atoms in total. The summed E-state index contributed by atoms with van der Waals surface area (Å²) in [6.45, 7) is 6.51. The van der Waals surface area contributed by atoms with Crippen molar-refractivity contribution in [3.8, 4) is 0 Å². The molecule has 0 saturated carbocycles. The van der Waals surface area contributed by atoms with Gasteiger partial charge in [-0.05, 0) is 89.9 Å². The Kier molecular flexibility index (Phi) is 67.6. The molecular formula is C76H136O6. The molecule has 1 atom stereocenters. The second-order valence-corrected chi connectivity index (χ2v) is 24.1. The van der Waals surface area contributed by atoms with Gasteiger partial charge in [0.2, 0.25) is 0 Å². The molecule has 0 aliphatic carbocycles. The monoisotopic (exact) mass is 1150 g/mol. The number of carbonyl (C=O) groups is 3. The minimum atomic E-state index is -0.770. The van der Waals surface area contributed by atoms with Crippen LogP contribution >= 0.6 is 0 Å². The standard InChI is InChI=1S/C76H136O6/c1-4-7-10-13-16-18-20-22-24-26-28-30-32-34-36-37-38-39-41-42-44-46-48-50-52-54-56-58-60-63-66-69-75(78)81-72-73(71-80-74(77)68-65-62-15-12-9-6-3)82-76(79)70-67-64-61-59-57-55-53-51-49-47-45-43-40-35-33-31-29-27-25-23-21-19-17-14-11-8-5-2/h7,10,16,18,21-24,27-30,73H,4-6,8-9,11-15,17,19-20,25-26,31-72H2,1-3H3/b10-7-,18-16-,23-21-,24-22-,29-27-,30-28-. The Morgan fingerprint density at radius 2 is 0.476 bits per heavy atom. The van der Waals surface area contributed by atoms with Gasteiger partial charge in [0.25, 0.3) is 0 Å². The van der Waals surface area contributed by atoms with Gasteiger partial charge in [0, 0.05) is 19.3 Å². The van der Waals surface area contributed by atoms with Gasteiger partial charge in [0.15, 0.2) is 6.10 Å². The van der Waals surface area contributed by atoms with Crippen LogP contribution in [-0.4, -0.2) is 37.2 Å². The predicted molar refractivity (Wildman–Crippen MR) is 358 cm³/mol. The molecule has 0 aromatic carbocycles. The first-order chi connectivity index (χ1) is 40.5. The highest BCUT2D eigenvalue weighted by Crippen LogP contribution is 2.18. The van der Waals surface area contributed by atoms with Gasteiger partial charge in [-0.3, -0.25) is 14.4 Å². The number of hydrogen-bond donors (Lipinski definition) is 0. The molecule has 0 saturated heterocycles. The van der Waals surface area contributed by atoms with E-state index in [0.29, 0.717) is 19.3 Å². The summed E-state index contributed by atoms with van der Waals surface area (Å²) in [4.78, 5) is 38.1. The van der Waals surface area contributed by atoms with Crippen molar-refractivity contribution in [3.63, 3.8) is 0 Å². The van der Waals surface area contributed by atoms with Gasteiger partial charge in [-0.1, -0.05) is 338 Å². The summed E-state index contributed by atoms with van der Waals surface area (Å²) in [5.41, 5.74) is 0. The fourth-order valence-corrected chi connectivity index (χ4v) is 10.6. The van der Waals surface area contributed by atoms with Crippen molar-refractivity contribution in [2.24, 2.45) is 0 Å². The van der Waals surface area contributed by atoms with Crippen LogP contribution in [0.4, 0.5) is 0 Å². The van der Waals surface area contributed by atoms with E-state index in [1.54, 1.807) is 0 Å². The largest absolute Gasteiger partial charge is 0.462 e. The number of esters is 3. The molecule has 0 rings (SSSR count). The molecule has 0 bridgehead atoms. The minimum absolute atomic E-state index is 0.0700. The summed E-state index contributed by atoms with van der Waals surface area (Å²) in [5, 5.41) is 0. The quantitative estimate of drug-likeness (QED) is 0.0261. The molecule has 0 heterocycles. The fraction of sp³-hybridized carbons (Fsp3) is 0.803. The number of hydrogen-bond acceptors (Lipinski definition) is 6. The molecule has 0 aromatic heterocycles. The van der Waals surface area contributed by atoms with Crippen molar-refractivity contribution < 1.29 is 28.6 Å². The second kappa shape index (κ2) is 70.3. The number of unbranched alkanes of at least 4 members (excludes halogenated alkanes) is 43. The zero-order chi connectivity index (χ0) is 59.2. The molecule has 0 fully saturated rings. The molecule has 0 aliphatic heterocycles. The Morgan fingerprint density at radius 1 is 0.256 bits per heavy atom. The second-order valence-electron chi connectivity index (χ2n) is 24.1. The third kappa shape index (κ3) is 67.6. The van der Waals surface area contributed by atoms with E-state index in [-0.39, 0.29) is 31.1 Å². The zero-order valence-corrected chi connectivity index (χ0v) is 54.8. The van der Waals surface area contributed by atoms with Crippen LogP contribution in [0.5, 0.6) is 0 Å². The Hall–Kier alpha value is -3.15. The summed E-state index contributed by atoms with van der Waals surface area (Å²) in [6, 6.07) is 0. The summed E-state index contributed by atoms with van der Waals surface area (Å²) in [7, 11) is 0. The fourth-order valence-electron chi connectivity index (χ4n) is 10.6. The van der Waals surface area contributed by atoms with E-state index < -0.39 is 6.10 Å². The van der Waals surface area contributed by atoms with Crippen molar-refractivity contribution in [2.75, 3.05) is 13.2 Å². The summed E-state index contributed by atoms with van der Waals surface area (Å²) >= 11 is 0. The van der Waals surface area contributed by atoms with E-state index in [0.717, 1.165) is 89.9 Å². The van der Waals surface area contributed by atoms with Crippen LogP contribution in [0.15, 0.2) is 72.9 Å². The van der Waals surface area contributed by atoms with Gasteiger partial charge in [-0.2, -0.15) is 0 Å². The van der Waals surface area contributed by atoms with Crippen molar-refractivity contribution in [1.29, 1.82) is 0 Å². The minimum Gasteiger partial charge on any atom is -0.462 e. The maximum Gasteiger partial charge on any atom is 0.306 e. The van der Waals surface area contributed by atoms with E-state index in [9.17, 15) is 14.4 Å². The lowest BCUT2D eigenvalue weighted by molar-refractivity contribution is -0.167. The molecule has 0 N–H and O–H groups in total. The average Bonchev–Trinajstić information content (AvgIpc) is 3.47. The number of rotatable bonds is 66. The normalized spacial score (nSPS) is 12.5. The molecule has 476 valence electrons. The van der Waals surface area contributed by atoms with Gasteiger partial charge in [-0.15, -0.1) is 0 Å². The number of allylic oxidation sites excluding steroid dienone is 12. The Labute approximate surface area is 510 Å². The molecule has 82 heavy (non-hydrogen) atoms. The first kappa shape index (κ1) is 78.8. The Morgan fingerprint density at radius 3 is 0.744 bits per heavy atom. The van der Waals surface area contributed by atoms with Crippen LogP contribution in [0.1, 0.15) is 374 Å². The Balaban J connectivity index is 3.98. The molecule has 0 aromatic rings. The van der Waals surface area contributed by atoms with Crippen LogP contribution in [0.2, 0.25) is 0 Å². The first-order valence-electron chi connectivity index (χ1n) is 35.9. The van der Waals surface area contributed by atoms with Gasteiger partial charge >= 0.3 is 17.9 Å². The lowest BCUT2D eigenvalue weighted by atomic mass is 10.0. The number of ether oxygens (including phenoxy) is 3. The van der Waals surface area contributed by atoms with E-state index in [4.69, 9.17) is 14.2 Å². The third-order valence-electron chi connectivity index (χ3n) is 15.9. The van der Waals surface area contributed by atoms with E-state index >= 15 is 0 Å². The van der Waals surface area contributed by atoms with Gasteiger partial charge in [0.05, 0.1) is 0 Å². The maximum absolute atomic E-state index is 12.9. The molecule has 0 radical (unpaired) electrons. The predicted octanol–water partition coefficient (Wildman–Crippen LogP) is 24.8. The number of carbonyl (C=O) groups excluding carboxylic acids is 3. The highest BCUT2D eigenvalue weighted by atomic mass is 16.6. The van der Waals surface area contributed by atoms with Crippen molar-refractivity contribution in [3.05, 3.63) is 72.9 Å². The maximum atomic E-state index is 12.9. The van der Waals surface area contributed by atoms with Gasteiger partial charge < -0.3 is 14.2 Å². The SMILES string of the molecule is CC/C=C\C/C=C\C/C=C\C/C=C\CCCCCCCCCCCCCCCCCCCCC(=O)OCC(COC(=O)CCCCCCCC)OC(=O)CCCCCCCCCCCCCCCCC/C=C\C/C=C\CCCCCCC. The zero-order valence-electron chi connectivity index (χ0n) is 54.8. The highest BCUT2D eigenvalue weighted by Gasteiger charge is 2.19. The van der Waals surface area contributed by atoms with Crippen LogP contribution in [-0.2, 0) is 28.6 Å². The van der Waals surface area contributed by atoms with Crippen LogP contribution in [0, 0.1) is 0 Å². The lowest BCUT2D eigenvalue weighted by Crippen LogP contribution is -2.30. The first-order valence-corrected chi connectivity index (χ1v) is 35.9. The molecular weight excluding hydrogens is 1010 g/mol. The van der Waals surface area contributed by atoms with Crippen molar-refractivity contribution in [1.82, 2.24) is 0 Å². The van der Waals surface area contributed by atoms with Gasteiger partial charge in [0.1, 0.15) is 13.2 Å². The van der Waals surface area contributed by atoms with Gasteiger partial charge in [-0.25, -0.2) is 0 Å². The molecule has 0 amide bonds. The molecule has 6 heteroatoms. The summed E-state index contributed by atoms with van der Waals surface area (Å²) in [5.74, 6) is -0.858. The van der Waals surface area contributed by atoms with Crippen LogP contribution in [0.3, 0.4) is 0 Å². The lowest BCUT2D eigenvalue weighted by Gasteiger charge is -2.18. The molecule has 1 unspecified atom stereocenters. The highest BCUT2D eigenvalue weighted by molar-refractivity contribution is 5.71. The van der Waals surface area contributed by atoms with Crippen molar-refractivity contribution >= 4 is 17.9 Å². The summed E-state index contributed by atoms with van der Waals surface area (Å²) < 4.78 is 16.9. The van der Waals surface area contributed by atoms with E-state index in [1.807, 2.05) is 0 Å². The summed E-state index contributed by atoms with van der Waals surface area (Å²) in [6.07, 6.45) is 92.7. The van der Waals surface area contributed by atoms with Crippen molar-refractivity contribution in [2.45, 2.75) is 380 Å². The smallest absolute Gasteiger partial charge is 0.306 e. The van der Waals surface area contributed by atoms with Crippen LogP contribution in [0.25, 0.3) is 0 Å². The van der Waals surface area contributed by atoms with Crippen LogP contribution < -0.4 is 0 Å². The molecule has 0 spiro atoms. The van der Waals surface area contributed by atoms with E-state index in [1.165, 1.54) is 244 Å². The topological polar surface area (TPSA) is 78.9 Å². The third-order valence-corrected chi connectivity index (χ3v) is 15.9. The average molecular weight is 1150 g/mol. The molecule has 0 aliphatic rings. The van der Waals surface area contributed by atoms with E-state index in [2.05, 4.69) is 93.7 Å².